The van der Waals surface area contributed by atoms with E-state index in [9.17, 15) is 39.9 Å². The van der Waals surface area contributed by atoms with E-state index in [4.69, 9.17) is 36.1 Å². The fourth-order valence-corrected chi connectivity index (χ4v) is 11.1. The molecule has 0 saturated heterocycles. The molecule has 0 bridgehead atoms. The molecule has 7 aromatic heterocycles. The second kappa shape index (κ2) is 43.3. The van der Waals surface area contributed by atoms with E-state index >= 15 is 0 Å². The lowest BCUT2D eigenvalue weighted by atomic mass is 10.1. The molecule has 0 saturated carbocycles. The summed E-state index contributed by atoms with van der Waals surface area (Å²) in [6.45, 7) is 13.9. The third kappa shape index (κ3) is 25.7. The van der Waals surface area contributed by atoms with E-state index in [-0.39, 0.29) is 58.0 Å². The molecule has 0 spiro atoms. The molecule has 120 heavy (non-hydrogen) atoms. The van der Waals surface area contributed by atoms with E-state index in [1.54, 1.807) is 81.3 Å². The average Bonchev–Trinajstić information content (AvgIpc) is 0.816. The first-order chi connectivity index (χ1) is 57.4. The van der Waals surface area contributed by atoms with Gasteiger partial charge in [0.05, 0.1) is 130 Å². The van der Waals surface area contributed by atoms with Gasteiger partial charge in [0.1, 0.15) is 34.9 Å². The van der Waals surface area contributed by atoms with Gasteiger partial charge in [0.2, 0.25) is 5.88 Å². The fourth-order valence-electron chi connectivity index (χ4n) is 11.1. The summed E-state index contributed by atoms with van der Waals surface area (Å²) in [5, 5.41) is 5.76. The Morgan fingerprint density at radius 1 is 0.375 bits per heavy atom. The summed E-state index contributed by atoms with van der Waals surface area (Å²) in [6.07, 6.45) is 9.95. The zero-order valence-corrected chi connectivity index (χ0v) is 67.9. The Bertz CT molecular complexity index is 5770. The van der Waals surface area contributed by atoms with Crippen molar-refractivity contribution >= 4 is 29.1 Å². The second-order valence-electron chi connectivity index (χ2n) is 25.8. The number of H-pyrrole nitrogens is 1. The van der Waals surface area contributed by atoms with E-state index in [0.717, 1.165) is 67.9 Å². The number of halogens is 8. The average molecular weight is 1650 g/mol. The Kier molecular flexibility index (Phi) is 32.8. The first-order valence-electron chi connectivity index (χ1n) is 36.5. The van der Waals surface area contributed by atoms with Crippen LogP contribution in [0.2, 0.25) is 0 Å². The molecule has 0 amide bonds. The predicted octanol–water partition coefficient (Wildman–Crippen LogP) is 17.5. The molecular weight excluding hydrogens is 1560 g/mol. The Labute approximate surface area is 687 Å². The number of anilines is 5. The molecule has 9 N–H and O–H groups in total. The summed E-state index contributed by atoms with van der Waals surface area (Å²) in [6, 6.07) is 38.1. The molecule has 14 aromatic rings. The van der Waals surface area contributed by atoms with Crippen LogP contribution in [-0.2, 0) is 6.42 Å². The molecule has 25 nitrogen and oxygen atoms in total. The Hall–Kier alpha value is -14.7. The summed E-state index contributed by atoms with van der Waals surface area (Å²) >= 11 is 0. The highest BCUT2D eigenvalue weighted by atomic mass is 19.4. The predicted molar refractivity (Wildman–Crippen MR) is 448 cm³/mol. The van der Waals surface area contributed by atoms with Crippen LogP contribution in [0.1, 0.15) is 51.6 Å². The normalized spacial score (nSPS) is 10.4. The number of aryl methyl sites for hydroxylation is 8. The Balaban J connectivity index is 0.000000174. The summed E-state index contributed by atoms with van der Waals surface area (Å²) < 4.78 is 127. The zero-order valence-electron chi connectivity index (χ0n) is 67.9. The maximum atomic E-state index is 13.3. The number of alkyl halides is 3. The van der Waals surface area contributed by atoms with Gasteiger partial charge in [-0.15, -0.1) is 0 Å². The van der Waals surface area contributed by atoms with Crippen LogP contribution in [-0.4, -0.2) is 125 Å². The third-order valence-electron chi connectivity index (χ3n) is 17.4. The van der Waals surface area contributed by atoms with Crippen molar-refractivity contribution in [3.8, 4) is 108 Å². The smallest absolute Gasteiger partial charge is 0.422 e. The van der Waals surface area contributed by atoms with Crippen molar-refractivity contribution in [2.75, 3.05) is 77.0 Å². The van der Waals surface area contributed by atoms with Gasteiger partial charge in [-0.3, -0.25) is 14.8 Å². The molecule has 7 aromatic carbocycles. The quantitative estimate of drug-likeness (QED) is 0.0489. The summed E-state index contributed by atoms with van der Waals surface area (Å²) in [5.41, 5.74) is 33.6. The third-order valence-corrected chi connectivity index (χ3v) is 17.4. The minimum Gasteiger partial charge on any atom is -0.480 e. The number of rotatable bonds is 16. The maximum Gasteiger partial charge on any atom is 0.422 e. The summed E-state index contributed by atoms with van der Waals surface area (Å²) in [4.78, 5) is 67.3. The number of methoxy groups -OCH3 is 4. The first kappa shape index (κ1) is 90.9. The van der Waals surface area contributed by atoms with Gasteiger partial charge in [-0.05, 0) is 154 Å². The number of ether oxygens (including phenoxy) is 5. The van der Waals surface area contributed by atoms with Crippen molar-refractivity contribution in [3.05, 3.63) is 279 Å². The van der Waals surface area contributed by atoms with E-state index in [2.05, 4.69) is 104 Å². The number of aromatic amines is 1. The van der Waals surface area contributed by atoms with E-state index in [1.807, 2.05) is 72.7 Å². The highest BCUT2D eigenvalue weighted by Gasteiger charge is 2.29. The molecule has 0 aliphatic rings. The van der Waals surface area contributed by atoms with Crippen molar-refractivity contribution < 1.29 is 58.8 Å². The van der Waals surface area contributed by atoms with Crippen LogP contribution in [0.3, 0.4) is 0 Å². The van der Waals surface area contributed by atoms with Gasteiger partial charge in [-0.2, -0.15) is 13.2 Å². The van der Waals surface area contributed by atoms with Crippen LogP contribution in [0.4, 0.5) is 64.2 Å². The largest absolute Gasteiger partial charge is 0.480 e. The van der Waals surface area contributed by atoms with E-state index in [0.29, 0.717) is 91.5 Å². The van der Waals surface area contributed by atoms with E-state index in [1.165, 1.54) is 126 Å². The zero-order chi connectivity index (χ0) is 87.3. The van der Waals surface area contributed by atoms with Crippen LogP contribution in [0, 0.1) is 77.6 Å². The topological polar surface area (TPSA) is 349 Å². The van der Waals surface area contributed by atoms with Crippen molar-refractivity contribution in [1.82, 2.24) is 69.8 Å². The fraction of sp³-hybridized carbons (Fsp3) is 0.195. The summed E-state index contributed by atoms with van der Waals surface area (Å²) in [7, 11) is 9.49. The molecule has 622 valence electrons. The van der Waals surface area contributed by atoms with Gasteiger partial charge in [0, 0.05) is 53.0 Å². The van der Waals surface area contributed by atoms with Gasteiger partial charge in [0.15, 0.2) is 29.9 Å². The lowest BCUT2D eigenvalue weighted by Crippen LogP contribution is -2.20. The molecule has 0 aliphatic heterocycles. The minimum absolute atomic E-state index is 0.174. The van der Waals surface area contributed by atoms with Gasteiger partial charge < -0.3 is 56.5 Å². The van der Waals surface area contributed by atoms with Crippen LogP contribution < -0.4 is 57.1 Å². The lowest BCUT2D eigenvalue weighted by Gasteiger charge is -2.11. The minimum atomic E-state index is -4.45. The molecule has 0 unspecified atom stereocenters. The SMILES string of the molecule is CCc1nc(-c2ccccc2C)cnc1N.CNc1ncc(-c2cc(F)ccc2C)nc1OC.CNc1ncc(-c2cc(F)ccc2C)nc1OC.COc1cncc(-c2cc(F)ccc2C)n1.COc1nc(-c2cc(F)ccc2C)cnc1N.Cc1ccc(F)cc1-c1cncc(=O)[nH]1.Cc1ccccc1-c1cnc(N)c(OCC(F)(F)F)n1. The van der Waals surface area contributed by atoms with Crippen molar-refractivity contribution in [1.29, 1.82) is 0 Å². The highest BCUT2D eigenvalue weighted by Crippen LogP contribution is 2.33. The molecule has 7 heterocycles. The van der Waals surface area contributed by atoms with Crippen LogP contribution in [0.25, 0.3) is 78.8 Å². The van der Waals surface area contributed by atoms with Gasteiger partial charge in [-0.1, -0.05) is 85.8 Å². The monoisotopic (exact) mass is 1650 g/mol. The molecule has 0 fully saturated rings. The van der Waals surface area contributed by atoms with Gasteiger partial charge in [-0.25, -0.2) is 76.8 Å². The molecule has 0 atom stereocenters. The highest BCUT2D eigenvalue weighted by molar-refractivity contribution is 5.70. The Morgan fingerprint density at radius 2 is 0.717 bits per heavy atom. The number of nitrogens with two attached hydrogens (primary N) is 3. The number of hydrogen-bond donors (Lipinski definition) is 6. The standard InChI is InChI=1S/C13H12F3N3O.2C13H14FN3O.C13H15N3.C12H12FN3O.C12H11FN2O.C11H9FN2O/c1-8-4-2-3-5-9(8)10-6-18-11(17)12(19-10)20-7-13(14,15)16;2*1-8-4-5-9(14)6-10(8)11-7-16-12(15-2)13(17-11)18-3;1-3-11-13(14)15-8-12(16-11)10-7-5-4-6-9(10)2;1-7-3-4-8(13)5-9(7)10-6-15-11(14)12(16-10)17-2;1-8-3-4-9(13)5-10(8)11-6-14-7-12(15-11)16-2;1-7-2-3-8(12)4-9(7)10-5-13-6-11(15)14-10/h2-6H,7H2,1H3,(H2,17,18);2*4-7H,1-3H3,(H,15,16);4-8H,3H2,1-2H3,(H2,14,15);3-6H,1-2H3,(H2,14,15);3-7H,1-2H3;2-6H,1H3,(H,14,15). The first-order valence-corrected chi connectivity index (χ1v) is 36.5. The van der Waals surface area contributed by atoms with Crippen LogP contribution >= 0.6 is 0 Å². The number of hydrogen-bond acceptors (Lipinski definition) is 24. The second-order valence-corrected chi connectivity index (χ2v) is 25.8. The maximum absolute atomic E-state index is 13.3. The number of nitrogen functional groups attached to an aromatic ring is 3. The lowest BCUT2D eigenvalue weighted by molar-refractivity contribution is -0.154. The molecule has 0 aliphatic carbocycles. The summed E-state index contributed by atoms with van der Waals surface area (Å²) in [5.74, 6) is 1.26. The molecule has 33 heteroatoms. The number of nitrogens with one attached hydrogen (secondary N) is 3. The van der Waals surface area contributed by atoms with Crippen LogP contribution in [0.5, 0.6) is 29.4 Å². The molecular formula is C87H87F8N19O6. The van der Waals surface area contributed by atoms with Gasteiger partial charge in [0.25, 0.3) is 29.1 Å². The molecule has 0 radical (unpaired) electrons. The van der Waals surface area contributed by atoms with Crippen molar-refractivity contribution in [3.63, 3.8) is 0 Å². The van der Waals surface area contributed by atoms with Gasteiger partial charge >= 0.3 is 6.18 Å². The van der Waals surface area contributed by atoms with Crippen molar-refractivity contribution in [2.24, 2.45) is 0 Å². The van der Waals surface area contributed by atoms with Crippen LogP contribution in [0.15, 0.2) is 200 Å². The number of nitrogens with zero attached hydrogens (tertiary/aromatic N) is 13. The molecule has 14 rings (SSSR count). The van der Waals surface area contributed by atoms with Crippen molar-refractivity contribution in [2.45, 2.75) is 68.0 Å². The Morgan fingerprint density at radius 3 is 1.11 bits per heavy atom. The van der Waals surface area contributed by atoms with E-state index < -0.39 is 12.8 Å². The number of aromatic nitrogens is 14. The number of benzene rings is 7.